The zero-order valence-corrected chi connectivity index (χ0v) is 13.8. The Morgan fingerprint density at radius 3 is 2.52 bits per heavy atom. The van der Waals surface area contributed by atoms with Crippen molar-refractivity contribution in [3.05, 3.63) is 54.1 Å². The number of nitrogens with one attached hydrogen (secondary N) is 1. The van der Waals surface area contributed by atoms with Gasteiger partial charge in [0.15, 0.2) is 0 Å². The highest BCUT2D eigenvalue weighted by atomic mass is 32.2. The Bertz CT molecular complexity index is 917. The molecule has 0 saturated heterocycles. The van der Waals surface area contributed by atoms with Gasteiger partial charge in [-0.15, -0.1) is 5.10 Å². The van der Waals surface area contributed by atoms with E-state index in [1.807, 2.05) is 38.1 Å². The van der Waals surface area contributed by atoms with Crippen LogP contribution < -0.4 is 4.72 Å². The Kier molecular flexibility index (Phi) is 4.14. The van der Waals surface area contributed by atoms with Crippen molar-refractivity contribution in [3.63, 3.8) is 0 Å². The van der Waals surface area contributed by atoms with Crippen molar-refractivity contribution in [2.75, 3.05) is 0 Å². The SMILES string of the molecule is CCC(NS(=O)(=O)c1ccc(C)cc1)n1nnc2ccccc21. The molecule has 120 valence electrons. The topological polar surface area (TPSA) is 76.9 Å². The molecule has 3 rings (SSSR count). The van der Waals surface area contributed by atoms with Crippen molar-refractivity contribution in [1.82, 2.24) is 19.7 Å². The molecular formula is C16H18N4O2S. The van der Waals surface area contributed by atoms with Crippen LogP contribution in [-0.2, 0) is 10.0 Å². The minimum Gasteiger partial charge on any atom is -0.226 e. The van der Waals surface area contributed by atoms with Gasteiger partial charge in [-0.05, 0) is 37.6 Å². The van der Waals surface area contributed by atoms with Gasteiger partial charge < -0.3 is 0 Å². The van der Waals surface area contributed by atoms with E-state index in [4.69, 9.17) is 0 Å². The minimum atomic E-state index is -3.62. The van der Waals surface area contributed by atoms with Crippen LogP contribution in [0.15, 0.2) is 53.4 Å². The molecule has 3 aromatic rings. The molecule has 1 atom stereocenters. The maximum atomic E-state index is 12.6. The number of aromatic nitrogens is 3. The Labute approximate surface area is 135 Å². The third-order valence-electron chi connectivity index (χ3n) is 3.68. The lowest BCUT2D eigenvalue weighted by Gasteiger charge is -2.18. The largest absolute Gasteiger partial charge is 0.242 e. The molecule has 0 amide bonds. The highest BCUT2D eigenvalue weighted by Crippen LogP contribution is 2.19. The van der Waals surface area contributed by atoms with Gasteiger partial charge in [0.1, 0.15) is 11.7 Å². The van der Waals surface area contributed by atoms with Crippen LogP contribution in [0.4, 0.5) is 0 Å². The summed E-state index contributed by atoms with van der Waals surface area (Å²) in [6.07, 6.45) is 0.0621. The molecule has 0 saturated carbocycles. The van der Waals surface area contributed by atoms with Gasteiger partial charge in [-0.1, -0.05) is 42.0 Å². The fraction of sp³-hybridized carbons (Fsp3) is 0.250. The predicted molar refractivity (Wildman–Crippen MR) is 88.4 cm³/mol. The summed E-state index contributed by atoms with van der Waals surface area (Å²) in [5.74, 6) is 0. The number of rotatable bonds is 5. The van der Waals surface area contributed by atoms with Crippen LogP contribution in [-0.4, -0.2) is 23.4 Å². The summed E-state index contributed by atoms with van der Waals surface area (Å²) in [6.45, 7) is 3.82. The smallest absolute Gasteiger partial charge is 0.226 e. The van der Waals surface area contributed by atoms with Crippen molar-refractivity contribution in [1.29, 1.82) is 0 Å². The fourth-order valence-electron chi connectivity index (χ4n) is 2.39. The van der Waals surface area contributed by atoms with Gasteiger partial charge in [-0.2, -0.15) is 4.72 Å². The number of para-hydroxylation sites is 1. The van der Waals surface area contributed by atoms with Crippen LogP contribution in [0.1, 0.15) is 25.1 Å². The fourth-order valence-corrected chi connectivity index (χ4v) is 3.64. The zero-order chi connectivity index (χ0) is 16.4. The number of nitrogens with zero attached hydrogens (tertiary/aromatic N) is 3. The van der Waals surface area contributed by atoms with Crippen LogP contribution >= 0.6 is 0 Å². The summed E-state index contributed by atoms with van der Waals surface area (Å²) >= 11 is 0. The molecule has 1 aromatic heterocycles. The molecule has 0 aliphatic heterocycles. The van der Waals surface area contributed by atoms with Crippen molar-refractivity contribution >= 4 is 21.1 Å². The number of hydrogen-bond donors (Lipinski definition) is 1. The minimum absolute atomic E-state index is 0.242. The molecule has 6 nitrogen and oxygen atoms in total. The first kappa shape index (κ1) is 15.6. The van der Waals surface area contributed by atoms with Crippen LogP contribution in [0.2, 0.25) is 0 Å². The van der Waals surface area contributed by atoms with Gasteiger partial charge in [0.25, 0.3) is 0 Å². The molecule has 23 heavy (non-hydrogen) atoms. The normalized spacial score (nSPS) is 13.3. The molecule has 0 fully saturated rings. The second-order valence-electron chi connectivity index (χ2n) is 5.38. The van der Waals surface area contributed by atoms with Crippen molar-refractivity contribution in [2.24, 2.45) is 0 Å². The van der Waals surface area contributed by atoms with E-state index in [9.17, 15) is 8.42 Å². The number of aryl methyl sites for hydroxylation is 1. The molecule has 1 heterocycles. The van der Waals surface area contributed by atoms with Crippen LogP contribution in [0, 0.1) is 6.92 Å². The molecule has 0 radical (unpaired) electrons. The second-order valence-corrected chi connectivity index (χ2v) is 7.10. The summed E-state index contributed by atoms with van der Waals surface area (Å²) < 4.78 is 29.5. The molecule has 0 spiro atoms. The van der Waals surface area contributed by atoms with E-state index in [2.05, 4.69) is 15.0 Å². The second kappa shape index (κ2) is 6.10. The lowest BCUT2D eigenvalue weighted by molar-refractivity contribution is 0.413. The van der Waals surface area contributed by atoms with E-state index in [0.29, 0.717) is 6.42 Å². The van der Waals surface area contributed by atoms with Crippen molar-refractivity contribution in [2.45, 2.75) is 31.3 Å². The molecule has 0 bridgehead atoms. The summed E-state index contributed by atoms with van der Waals surface area (Å²) in [5.41, 5.74) is 2.55. The Morgan fingerprint density at radius 2 is 1.83 bits per heavy atom. The lowest BCUT2D eigenvalue weighted by atomic mass is 10.2. The van der Waals surface area contributed by atoms with Gasteiger partial charge in [-0.3, -0.25) is 0 Å². The third-order valence-corrected chi connectivity index (χ3v) is 5.16. The first-order valence-electron chi connectivity index (χ1n) is 7.40. The molecular weight excluding hydrogens is 312 g/mol. The standard InChI is InChI=1S/C16H18N4O2S/c1-3-16(20-15-7-5-4-6-14(15)17-19-20)18-23(21,22)13-10-8-12(2)9-11-13/h4-11,16,18H,3H2,1-2H3. The molecule has 7 heteroatoms. The maximum Gasteiger partial charge on any atom is 0.242 e. The summed E-state index contributed by atoms with van der Waals surface area (Å²) in [4.78, 5) is 0.242. The summed E-state index contributed by atoms with van der Waals surface area (Å²) in [6, 6.07) is 14.2. The quantitative estimate of drug-likeness (QED) is 0.780. The van der Waals surface area contributed by atoms with E-state index in [1.165, 1.54) is 0 Å². The average Bonchev–Trinajstić information content (AvgIpc) is 2.97. The highest BCUT2D eigenvalue weighted by Gasteiger charge is 2.22. The molecule has 0 aliphatic rings. The number of hydrogen-bond acceptors (Lipinski definition) is 4. The van der Waals surface area contributed by atoms with Crippen LogP contribution in [0.3, 0.4) is 0 Å². The van der Waals surface area contributed by atoms with Crippen LogP contribution in [0.25, 0.3) is 11.0 Å². The first-order valence-corrected chi connectivity index (χ1v) is 8.88. The number of sulfonamides is 1. The van der Waals surface area contributed by atoms with Crippen molar-refractivity contribution in [3.8, 4) is 0 Å². The summed E-state index contributed by atoms with van der Waals surface area (Å²) in [7, 11) is -3.62. The van der Waals surface area contributed by atoms with Crippen molar-refractivity contribution < 1.29 is 8.42 Å². The van der Waals surface area contributed by atoms with Gasteiger partial charge in [0.05, 0.1) is 10.4 Å². The molecule has 2 aromatic carbocycles. The maximum absolute atomic E-state index is 12.6. The van der Waals surface area contributed by atoms with E-state index in [1.54, 1.807) is 28.9 Å². The Morgan fingerprint density at radius 1 is 1.13 bits per heavy atom. The van der Waals surface area contributed by atoms with Crippen LogP contribution in [0.5, 0.6) is 0 Å². The summed E-state index contributed by atoms with van der Waals surface area (Å²) in [5, 5.41) is 8.18. The lowest BCUT2D eigenvalue weighted by Crippen LogP contribution is -2.32. The molecule has 0 aliphatic carbocycles. The van der Waals surface area contributed by atoms with E-state index >= 15 is 0 Å². The highest BCUT2D eigenvalue weighted by molar-refractivity contribution is 7.89. The zero-order valence-electron chi connectivity index (χ0n) is 13.0. The van der Waals surface area contributed by atoms with Gasteiger partial charge in [0.2, 0.25) is 10.0 Å². The first-order chi connectivity index (χ1) is 11.0. The van der Waals surface area contributed by atoms with Gasteiger partial charge >= 0.3 is 0 Å². The number of benzene rings is 2. The average molecular weight is 330 g/mol. The monoisotopic (exact) mass is 330 g/mol. The van der Waals surface area contributed by atoms with Gasteiger partial charge in [0, 0.05) is 0 Å². The van der Waals surface area contributed by atoms with Gasteiger partial charge in [-0.25, -0.2) is 13.1 Å². The van der Waals surface area contributed by atoms with E-state index in [-0.39, 0.29) is 4.90 Å². The van der Waals surface area contributed by atoms with E-state index < -0.39 is 16.2 Å². The molecule has 1 unspecified atom stereocenters. The Balaban J connectivity index is 1.94. The Hall–Kier alpha value is -2.25. The third kappa shape index (κ3) is 3.11. The van der Waals surface area contributed by atoms with E-state index in [0.717, 1.165) is 16.6 Å². The molecule has 1 N–H and O–H groups in total. The predicted octanol–water partition coefficient (Wildman–Crippen LogP) is 2.63. The number of fused-ring (bicyclic) bond motifs is 1.